The average molecular weight is 331 g/mol. The Balaban J connectivity index is 1.81. The second-order valence-electron chi connectivity index (χ2n) is 6.84. The number of nitrogens with zero attached hydrogens (tertiary/aromatic N) is 1. The minimum absolute atomic E-state index is 0.182. The molecule has 2 atom stereocenters. The summed E-state index contributed by atoms with van der Waals surface area (Å²) in [5.41, 5.74) is 2.27. The third-order valence-electron chi connectivity index (χ3n) is 5.03. The molecule has 0 N–H and O–H groups in total. The molecule has 124 valence electrons. The maximum Gasteiger partial charge on any atom is 0.214 e. The molecule has 1 aromatic rings. The summed E-state index contributed by atoms with van der Waals surface area (Å²) in [6, 6.07) is 10.8. The van der Waals surface area contributed by atoms with Gasteiger partial charge in [-0.2, -0.15) is 0 Å². The average Bonchev–Trinajstić information content (AvgIpc) is 3.15. The van der Waals surface area contributed by atoms with E-state index >= 15 is 0 Å². The van der Waals surface area contributed by atoms with Crippen molar-refractivity contribution in [3.05, 3.63) is 47.7 Å². The molecule has 4 heteroatoms. The molecule has 0 unspecified atom stereocenters. The third kappa shape index (κ3) is 3.48. The summed E-state index contributed by atoms with van der Waals surface area (Å²) in [4.78, 5) is 14.5. The molecule has 2 aliphatic heterocycles. The standard InChI is InChI=1S/C19H25NO2S/c1-19(2,22-3)17-10-7-11-20(17)15-13-18(21)23-16(15)12-14-8-5-4-6-9-14/h4-6,8-9,13,16-17H,7,10-12H2,1-3H3/t16-,17-/m0/s1. The van der Waals surface area contributed by atoms with Crippen molar-refractivity contribution in [3.8, 4) is 0 Å². The summed E-state index contributed by atoms with van der Waals surface area (Å²) >= 11 is 1.46. The van der Waals surface area contributed by atoms with Crippen LogP contribution in [0.3, 0.4) is 0 Å². The molecule has 0 radical (unpaired) electrons. The molecule has 2 heterocycles. The Morgan fingerprint density at radius 1 is 1.30 bits per heavy atom. The lowest BCUT2D eigenvalue weighted by Gasteiger charge is -2.39. The van der Waals surface area contributed by atoms with Crippen LogP contribution in [0.15, 0.2) is 42.1 Å². The van der Waals surface area contributed by atoms with Gasteiger partial charge in [0.15, 0.2) is 0 Å². The zero-order valence-electron chi connectivity index (χ0n) is 14.1. The second-order valence-corrected chi connectivity index (χ2v) is 8.05. The van der Waals surface area contributed by atoms with Crippen LogP contribution in [-0.4, -0.2) is 40.6 Å². The van der Waals surface area contributed by atoms with Crippen molar-refractivity contribution in [1.82, 2.24) is 4.90 Å². The number of hydrogen-bond acceptors (Lipinski definition) is 4. The molecule has 3 rings (SSSR count). The number of rotatable bonds is 5. The predicted molar refractivity (Wildman–Crippen MR) is 95.4 cm³/mol. The summed E-state index contributed by atoms with van der Waals surface area (Å²) in [5, 5.41) is 0.403. The summed E-state index contributed by atoms with van der Waals surface area (Å²) < 4.78 is 5.73. The molecule has 0 spiro atoms. The van der Waals surface area contributed by atoms with E-state index in [0.717, 1.165) is 25.8 Å². The fraction of sp³-hybridized carbons (Fsp3) is 0.526. The Hall–Kier alpha value is -1.26. The highest BCUT2D eigenvalue weighted by molar-refractivity contribution is 8.15. The molecule has 3 nitrogen and oxygen atoms in total. The predicted octanol–water partition coefficient (Wildman–Crippen LogP) is 3.64. The lowest BCUT2D eigenvalue weighted by molar-refractivity contribution is -0.107. The monoisotopic (exact) mass is 331 g/mol. The fourth-order valence-corrected chi connectivity index (χ4v) is 4.69. The number of ether oxygens (including phenoxy) is 1. The van der Waals surface area contributed by atoms with Crippen molar-refractivity contribution >= 4 is 16.9 Å². The van der Waals surface area contributed by atoms with E-state index in [2.05, 4.69) is 43.0 Å². The Bertz CT molecular complexity index is 597. The number of benzene rings is 1. The third-order valence-corrected chi connectivity index (χ3v) is 6.07. The first-order valence-corrected chi connectivity index (χ1v) is 9.17. The number of carbonyl (C=O) groups is 1. The van der Waals surface area contributed by atoms with E-state index in [-0.39, 0.29) is 16.0 Å². The van der Waals surface area contributed by atoms with Crippen LogP contribution in [0.2, 0.25) is 0 Å². The van der Waals surface area contributed by atoms with Crippen LogP contribution in [0.5, 0.6) is 0 Å². The van der Waals surface area contributed by atoms with Gasteiger partial charge in [-0.05, 0) is 38.7 Å². The van der Waals surface area contributed by atoms with E-state index in [1.54, 1.807) is 7.11 Å². The zero-order chi connectivity index (χ0) is 16.4. The molecule has 0 aliphatic carbocycles. The van der Waals surface area contributed by atoms with Crippen LogP contribution in [0.25, 0.3) is 0 Å². The van der Waals surface area contributed by atoms with Gasteiger partial charge in [-0.15, -0.1) is 0 Å². The number of thioether (sulfide) groups is 1. The van der Waals surface area contributed by atoms with E-state index in [4.69, 9.17) is 4.74 Å². The van der Waals surface area contributed by atoms with Crippen LogP contribution >= 0.6 is 11.8 Å². The van der Waals surface area contributed by atoms with Crippen molar-refractivity contribution < 1.29 is 9.53 Å². The normalized spacial score (nSPS) is 25.1. The van der Waals surface area contributed by atoms with Crippen LogP contribution < -0.4 is 0 Å². The highest BCUT2D eigenvalue weighted by atomic mass is 32.2. The summed E-state index contributed by atoms with van der Waals surface area (Å²) in [6.07, 6.45) is 5.03. The zero-order valence-corrected chi connectivity index (χ0v) is 14.9. The Morgan fingerprint density at radius 3 is 2.74 bits per heavy atom. The van der Waals surface area contributed by atoms with Crippen molar-refractivity contribution in [1.29, 1.82) is 0 Å². The van der Waals surface area contributed by atoms with Crippen LogP contribution in [0.4, 0.5) is 0 Å². The molecule has 23 heavy (non-hydrogen) atoms. The fourth-order valence-electron chi connectivity index (χ4n) is 3.63. The van der Waals surface area contributed by atoms with Gasteiger partial charge in [-0.25, -0.2) is 0 Å². The molecule has 0 amide bonds. The van der Waals surface area contributed by atoms with E-state index in [0.29, 0.717) is 6.04 Å². The molecule has 0 aromatic heterocycles. The molecule has 2 aliphatic rings. The molecule has 0 saturated carbocycles. The summed E-state index contributed by atoms with van der Waals surface area (Å²) in [5.74, 6) is 0. The Kier molecular flexibility index (Phi) is 4.83. The first-order valence-electron chi connectivity index (χ1n) is 8.29. The quantitative estimate of drug-likeness (QED) is 0.824. The topological polar surface area (TPSA) is 29.5 Å². The highest BCUT2D eigenvalue weighted by Gasteiger charge is 2.42. The minimum atomic E-state index is -0.203. The van der Waals surface area contributed by atoms with Crippen molar-refractivity contribution in [2.75, 3.05) is 13.7 Å². The van der Waals surface area contributed by atoms with E-state index < -0.39 is 0 Å². The van der Waals surface area contributed by atoms with E-state index in [9.17, 15) is 4.79 Å². The lowest BCUT2D eigenvalue weighted by atomic mass is 9.95. The largest absolute Gasteiger partial charge is 0.377 e. The Morgan fingerprint density at radius 2 is 2.04 bits per heavy atom. The molecule has 1 fully saturated rings. The van der Waals surface area contributed by atoms with Gasteiger partial charge in [0.25, 0.3) is 0 Å². The van der Waals surface area contributed by atoms with E-state index in [1.807, 2.05) is 12.1 Å². The Labute approximate surface area is 143 Å². The summed E-state index contributed by atoms with van der Waals surface area (Å²) in [7, 11) is 1.78. The van der Waals surface area contributed by atoms with Gasteiger partial charge >= 0.3 is 0 Å². The highest BCUT2D eigenvalue weighted by Crippen LogP contribution is 2.39. The first-order chi connectivity index (χ1) is 11.0. The molecule has 1 aromatic carbocycles. The van der Waals surface area contributed by atoms with Crippen molar-refractivity contribution in [3.63, 3.8) is 0 Å². The van der Waals surface area contributed by atoms with Gasteiger partial charge < -0.3 is 9.64 Å². The van der Waals surface area contributed by atoms with Gasteiger partial charge in [0.1, 0.15) is 0 Å². The maximum atomic E-state index is 12.1. The molecular weight excluding hydrogens is 306 g/mol. The lowest BCUT2D eigenvalue weighted by Crippen LogP contribution is -2.47. The first kappa shape index (κ1) is 16.6. The second kappa shape index (κ2) is 6.70. The number of hydrogen-bond donors (Lipinski definition) is 0. The van der Waals surface area contributed by atoms with Gasteiger partial charge in [0, 0.05) is 25.4 Å². The van der Waals surface area contributed by atoms with Crippen LogP contribution in [-0.2, 0) is 16.0 Å². The van der Waals surface area contributed by atoms with Crippen molar-refractivity contribution in [2.45, 2.75) is 50.0 Å². The molecule has 0 bridgehead atoms. The number of likely N-dealkylation sites (tertiary alicyclic amines) is 1. The molecular formula is C19H25NO2S. The van der Waals surface area contributed by atoms with Gasteiger partial charge in [-0.3, -0.25) is 4.79 Å². The maximum absolute atomic E-state index is 12.1. The molecule has 1 saturated heterocycles. The van der Waals surface area contributed by atoms with Gasteiger partial charge in [-0.1, -0.05) is 42.1 Å². The van der Waals surface area contributed by atoms with Crippen molar-refractivity contribution in [2.24, 2.45) is 0 Å². The smallest absolute Gasteiger partial charge is 0.214 e. The van der Waals surface area contributed by atoms with Crippen LogP contribution in [0.1, 0.15) is 32.3 Å². The number of methoxy groups -OCH3 is 1. The van der Waals surface area contributed by atoms with Gasteiger partial charge in [0.2, 0.25) is 5.12 Å². The number of carbonyl (C=O) groups excluding carboxylic acids is 1. The SMILES string of the molecule is COC(C)(C)[C@@H]1CCCN1C1=CC(=O)S[C@H]1Cc1ccccc1. The minimum Gasteiger partial charge on any atom is -0.377 e. The van der Waals surface area contributed by atoms with Gasteiger partial charge in [0.05, 0.1) is 16.9 Å². The van der Waals surface area contributed by atoms with Crippen LogP contribution in [0, 0.1) is 0 Å². The summed E-state index contributed by atoms with van der Waals surface area (Å²) in [6.45, 7) is 5.31. The van der Waals surface area contributed by atoms with E-state index in [1.165, 1.54) is 23.0 Å².